The first kappa shape index (κ1) is 21.6. The second-order valence-electron chi connectivity index (χ2n) is 7.13. The van der Waals surface area contributed by atoms with Crippen molar-refractivity contribution < 1.29 is 23.5 Å². The number of methoxy groups -OCH3 is 2. The number of furan rings is 1. The summed E-state index contributed by atoms with van der Waals surface area (Å²) in [4.78, 5) is 25.6. The van der Waals surface area contributed by atoms with E-state index in [0.717, 1.165) is 9.86 Å². The number of nitrogens with one attached hydrogen (secondary N) is 1. The fraction of sp³-hybridized carbons (Fsp3) is 0.120. The first-order valence-corrected chi connectivity index (χ1v) is 10.6. The van der Waals surface area contributed by atoms with Gasteiger partial charge < -0.3 is 19.2 Å². The molecule has 0 spiro atoms. The SMILES string of the molecule is COc1ccc(C(=O)c2oc3ccc(NC(=O)c4ccc(Br)cc4)cc3c2C)cc1OC. The fourth-order valence-electron chi connectivity index (χ4n) is 3.43. The van der Waals surface area contributed by atoms with Crippen LogP contribution in [-0.2, 0) is 0 Å². The number of ketones is 1. The van der Waals surface area contributed by atoms with Crippen LogP contribution >= 0.6 is 15.9 Å². The van der Waals surface area contributed by atoms with Crippen LogP contribution < -0.4 is 14.8 Å². The van der Waals surface area contributed by atoms with Crippen LogP contribution in [0.15, 0.2) is 69.6 Å². The zero-order chi connectivity index (χ0) is 22.8. The molecule has 0 saturated heterocycles. The van der Waals surface area contributed by atoms with Crippen molar-refractivity contribution in [1.29, 1.82) is 0 Å². The summed E-state index contributed by atoms with van der Waals surface area (Å²) in [7, 11) is 3.05. The van der Waals surface area contributed by atoms with E-state index in [1.54, 1.807) is 48.5 Å². The van der Waals surface area contributed by atoms with Crippen LogP contribution in [0, 0.1) is 6.92 Å². The lowest BCUT2D eigenvalue weighted by atomic mass is 10.0. The van der Waals surface area contributed by atoms with E-state index in [9.17, 15) is 9.59 Å². The summed E-state index contributed by atoms with van der Waals surface area (Å²) in [5.74, 6) is 0.755. The highest BCUT2D eigenvalue weighted by Gasteiger charge is 2.21. The number of benzene rings is 3. The Morgan fingerprint density at radius 2 is 1.56 bits per heavy atom. The quantitative estimate of drug-likeness (QED) is 0.333. The van der Waals surface area contributed by atoms with Crippen LogP contribution in [0.4, 0.5) is 5.69 Å². The van der Waals surface area contributed by atoms with Gasteiger partial charge >= 0.3 is 0 Å². The Morgan fingerprint density at radius 1 is 0.875 bits per heavy atom. The molecule has 0 saturated carbocycles. The molecule has 1 aromatic heterocycles. The van der Waals surface area contributed by atoms with E-state index in [-0.39, 0.29) is 17.5 Å². The van der Waals surface area contributed by atoms with E-state index in [2.05, 4.69) is 21.2 Å². The Labute approximate surface area is 193 Å². The Morgan fingerprint density at radius 3 is 2.25 bits per heavy atom. The van der Waals surface area contributed by atoms with Gasteiger partial charge in [0, 0.05) is 32.2 Å². The normalized spacial score (nSPS) is 10.8. The molecule has 6 nitrogen and oxygen atoms in total. The van der Waals surface area contributed by atoms with Gasteiger partial charge in [0.05, 0.1) is 14.2 Å². The number of aryl methyl sites for hydroxylation is 1. The van der Waals surface area contributed by atoms with Gasteiger partial charge in [0.15, 0.2) is 17.3 Å². The van der Waals surface area contributed by atoms with Crippen molar-refractivity contribution in [1.82, 2.24) is 0 Å². The number of hydrogen-bond acceptors (Lipinski definition) is 5. The van der Waals surface area contributed by atoms with Crippen LogP contribution in [0.5, 0.6) is 11.5 Å². The van der Waals surface area contributed by atoms with Crippen molar-refractivity contribution in [3.63, 3.8) is 0 Å². The Kier molecular flexibility index (Phi) is 6.01. The number of hydrogen-bond donors (Lipinski definition) is 1. The van der Waals surface area contributed by atoms with Crippen LogP contribution in [0.3, 0.4) is 0 Å². The van der Waals surface area contributed by atoms with Gasteiger partial charge in [0.25, 0.3) is 5.91 Å². The summed E-state index contributed by atoms with van der Waals surface area (Å²) in [6, 6.07) is 17.3. The Balaban J connectivity index is 1.64. The summed E-state index contributed by atoms with van der Waals surface area (Å²) in [6.07, 6.45) is 0. The van der Waals surface area contributed by atoms with Crippen molar-refractivity contribution >= 4 is 44.3 Å². The number of carbonyl (C=O) groups excluding carboxylic acids is 2. The van der Waals surface area contributed by atoms with Crippen LogP contribution in [0.2, 0.25) is 0 Å². The number of amides is 1. The molecule has 0 aliphatic heterocycles. The minimum atomic E-state index is -0.264. The third kappa shape index (κ3) is 4.11. The van der Waals surface area contributed by atoms with Crippen molar-refractivity contribution in [2.75, 3.05) is 19.5 Å². The minimum Gasteiger partial charge on any atom is -0.493 e. The van der Waals surface area contributed by atoms with Crippen LogP contribution in [-0.4, -0.2) is 25.9 Å². The van der Waals surface area contributed by atoms with Crippen molar-refractivity contribution in [3.05, 3.63) is 87.6 Å². The fourth-order valence-corrected chi connectivity index (χ4v) is 3.69. The van der Waals surface area contributed by atoms with Crippen LogP contribution in [0.25, 0.3) is 11.0 Å². The average Bonchev–Trinajstić information content (AvgIpc) is 3.14. The Bertz CT molecular complexity index is 1320. The van der Waals surface area contributed by atoms with Gasteiger partial charge in [-0.25, -0.2) is 0 Å². The molecule has 1 heterocycles. The van der Waals surface area contributed by atoms with Crippen LogP contribution in [0.1, 0.15) is 32.0 Å². The summed E-state index contributed by atoms with van der Waals surface area (Å²) in [5.41, 5.74) is 2.84. The third-order valence-electron chi connectivity index (χ3n) is 5.15. The van der Waals surface area contributed by atoms with E-state index in [0.29, 0.717) is 39.5 Å². The van der Waals surface area contributed by atoms with Gasteiger partial charge in [-0.05, 0) is 67.6 Å². The number of fused-ring (bicyclic) bond motifs is 1. The smallest absolute Gasteiger partial charge is 0.255 e. The number of ether oxygens (including phenoxy) is 2. The Hall–Kier alpha value is -3.58. The zero-order valence-corrected chi connectivity index (χ0v) is 19.3. The molecule has 0 unspecified atom stereocenters. The molecule has 0 fully saturated rings. The molecule has 1 amide bonds. The highest BCUT2D eigenvalue weighted by molar-refractivity contribution is 9.10. The third-order valence-corrected chi connectivity index (χ3v) is 5.68. The topological polar surface area (TPSA) is 77.8 Å². The highest BCUT2D eigenvalue weighted by Crippen LogP contribution is 2.32. The van der Waals surface area contributed by atoms with E-state index < -0.39 is 0 Å². The highest BCUT2D eigenvalue weighted by atomic mass is 79.9. The van der Waals surface area contributed by atoms with E-state index in [4.69, 9.17) is 13.9 Å². The van der Waals surface area contributed by atoms with E-state index >= 15 is 0 Å². The number of rotatable bonds is 6. The second kappa shape index (κ2) is 8.88. The maximum Gasteiger partial charge on any atom is 0.255 e. The van der Waals surface area contributed by atoms with E-state index in [1.807, 2.05) is 19.1 Å². The number of carbonyl (C=O) groups is 2. The van der Waals surface area contributed by atoms with E-state index in [1.165, 1.54) is 14.2 Å². The molecule has 162 valence electrons. The summed E-state index contributed by atoms with van der Waals surface area (Å²) >= 11 is 3.36. The number of anilines is 1. The molecule has 4 rings (SSSR count). The van der Waals surface area contributed by atoms with Crippen molar-refractivity contribution in [2.24, 2.45) is 0 Å². The summed E-state index contributed by atoms with van der Waals surface area (Å²) in [5, 5.41) is 3.64. The molecule has 0 radical (unpaired) electrons. The van der Waals surface area contributed by atoms with Crippen molar-refractivity contribution in [2.45, 2.75) is 6.92 Å². The molecule has 0 atom stereocenters. The molecule has 1 N–H and O–H groups in total. The minimum absolute atomic E-state index is 0.223. The first-order chi connectivity index (χ1) is 15.4. The molecule has 0 aliphatic carbocycles. The molecule has 32 heavy (non-hydrogen) atoms. The van der Waals surface area contributed by atoms with Gasteiger partial charge in [-0.3, -0.25) is 9.59 Å². The number of halogens is 1. The largest absolute Gasteiger partial charge is 0.493 e. The summed E-state index contributed by atoms with van der Waals surface area (Å²) in [6.45, 7) is 1.82. The van der Waals surface area contributed by atoms with Gasteiger partial charge in [-0.15, -0.1) is 0 Å². The molecule has 0 bridgehead atoms. The summed E-state index contributed by atoms with van der Waals surface area (Å²) < 4.78 is 17.3. The average molecular weight is 494 g/mol. The predicted octanol–water partition coefficient (Wildman–Crippen LogP) is 6.00. The van der Waals surface area contributed by atoms with Gasteiger partial charge in [-0.1, -0.05) is 15.9 Å². The first-order valence-electron chi connectivity index (χ1n) is 9.78. The second-order valence-corrected chi connectivity index (χ2v) is 8.04. The zero-order valence-electron chi connectivity index (χ0n) is 17.7. The monoisotopic (exact) mass is 493 g/mol. The lowest BCUT2D eigenvalue weighted by molar-refractivity contribution is 0.101. The lowest BCUT2D eigenvalue weighted by Gasteiger charge is -2.08. The van der Waals surface area contributed by atoms with Gasteiger partial charge in [-0.2, -0.15) is 0 Å². The molecule has 0 aliphatic rings. The molecule has 7 heteroatoms. The maximum absolute atomic E-state index is 13.1. The molecular formula is C25H20BrNO5. The predicted molar refractivity (Wildman–Crippen MR) is 126 cm³/mol. The molecule has 4 aromatic rings. The van der Waals surface area contributed by atoms with Gasteiger partial charge in [0.2, 0.25) is 5.78 Å². The standard InChI is InChI=1S/C25H20BrNO5/c1-14-19-13-18(27-25(29)15-4-7-17(26)8-5-15)9-11-20(19)32-24(14)23(28)16-6-10-21(30-2)22(12-16)31-3/h4-13H,1-3H3,(H,27,29). The molecular weight excluding hydrogens is 474 g/mol. The van der Waals surface area contributed by atoms with Crippen molar-refractivity contribution in [3.8, 4) is 11.5 Å². The molecule has 3 aromatic carbocycles. The lowest BCUT2D eigenvalue weighted by Crippen LogP contribution is -2.11. The van der Waals surface area contributed by atoms with Gasteiger partial charge in [0.1, 0.15) is 5.58 Å². The maximum atomic E-state index is 13.1.